The first-order valence-corrected chi connectivity index (χ1v) is 6.06. The van der Waals surface area contributed by atoms with Crippen LogP contribution in [0.15, 0.2) is 18.2 Å². The minimum atomic E-state index is -2.89. The van der Waals surface area contributed by atoms with Crippen molar-refractivity contribution in [2.75, 3.05) is 13.7 Å². The Morgan fingerprint density at radius 3 is 2.42 bits per heavy atom. The fourth-order valence-electron chi connectivity index (χ4n) is 1.80. The summed E-state index contributed by atoms with van der Waals surface area (Å²) < 4.78 is 34.1. The van der Waals surface area contributed by atoms with Gasteiger partial charge in [0.15, 0.2) is 11.5 Å². The summed E-state index contributed by atoms with van der Waals surface area (Å²) in [5.41, 5.74) is 6.48. The molecular formula is C13H20F2N2O2. The molecule has 1 aromatic carbocycles. The highest BCUT2D eigenvalue weighted by Gasteiger charge is 2.16. The maximum atomic E-state index is 12.3. The van der Waals surface area contributed by atoms with Gasteiger partial charge in [0, 0.05) is 18.6 Å². The largest absolute Gasteiger partial charge is 0.493 e. The lowest BCUT2D eigenvalue weighted by molar-refractivity contribution is -0.0512. The van der Waals surface area contributed by atoms with Crippen molar-refractivity contribution >= 4 is 0 Å². The van der Waals surface area contributed by atoms with Crippen LogP contribution in [0.2, 0.25) is 0 Å². The predicted octanol–water partition coefficient (Wildman–Crippen LogP) is 2.29. The highest BCUT2D eigenvalue weighted by molar-refractivity contribution is 5.44. The Hall–Kier alpha value is -1.40. The van der Waals surface area contributed by atoms with E-state index in [-0.39, 0.29) is 23.6 Å². The molecule has 1 unspecified atom stereocenters. The van der Waals surface area contributed by atoms with Crippen LogP contribution in [0.1, 0.15) is 25.5 Å². The minimum Gasteiger partial charge on any atom is -0.493 e. The normalized spacial score (nSPS) is 12.8. The van der Waals surface area contributed by atoms with Gasteiger partial charge in [0.05, 0.1) is 7.11 Å². The van der Waals surface area contributed by atoms with Gasteiger partial charge in [-0.2, -0.15) is 8.78 Å². The smallest absolute Gasteiger partial charge is 0.387 e. The molecule has 4 nitrogen and oxygen atoms in total. The van der Waals surface area contributed by atoms with Crippen LogP contribution in [0.4, 0.5) is 8.78 Å². The second-order valence-electron chi connectivity index (χ2n) is 4.40. The number of nitrogens with two attached hydrogens (primary N) is 1. The van der Waals surface area contributed by atoms with Gasteiger partial charge in [-0.05, 0) is 17.7 Å². The molecule has 0 saturated carbocycles. The van der Waals surface area contributed by atoms with E-state index < -0.39 is 6.61 Å². The van der Waals surface area contributed by atoms with Gasteiger partial charge in [-0.3, -0.25) is 0 Å². The fourth-order valence-corrected chi connectivity index (χ4v) is 1.80. The van der Waals surface area contributed by atoms with Crippen molar-refractivity contribution in [2.24, 2.45) is 5.73 Å². The number of hydrogen-bond donors (Lipinski definition) is 2. The average Bonchev–Trinajstić information content (AvgIpc) is 2.35. The molecule has 108 valence electrons. The van der Waals surface area contributed by atoms with E-state index in [1.54, 1.807) is 12.1 Å². The average molecular weight is 274 g/mol. The van der Waals surface area contributed by atoms with Crippen LogP contribution >= 0.6 is 0 Å². The van der Waals surface area contributed by atoms with Crippen LogP contribution in [0.3, 0.4) is 0 Å². The van der Waals surface area contributed by atoms with E-state index in [0.29, 0.717) is 6.54 Å². The maximum absolute atomic E-state index is 12.3. The summed E-state index contributed by atoms with van der Waals surface area (Å²) in [7, 11) is 1.40. The molecule has 0 bridgehead atoms. The zero-order valence-electron chi connectivity index (χ0n) is 11.3. The molecule has 3 N–H and O–H groups in total. The van der Waals surface area contributed by atoms with Crippen molar-refractivity contribution in [1.29, 1.82) is 0 Å². The summed E-state index contributed by atoms with van der Waals surface area (Å²) in [6.45, 7) is 1.45. The number of methoxy groups -OCH3 is 1. The molecule has 0 aliphatic carbocycles. The zero-order valence-corrected chi connectivity index (χ0v) is 11.3. The van der Waals surface area contributed by atoms with Gasteiger partial charge in [0.25, 0.3) is 0 Å². The molecule has 0 amide bonds. The predicted molar refractivity (Wildman–Crippen MR) is 69.7 cm³/mol. The first-order valence-electron chi connectivity index (χ1n) is 6.06. The summed E-state index contributed by atoms with van der Waals surface area (Å²) in [6.07, 6.45) is 0. The first-order chi connectivity index (χ1) is 8.97. The van der Waals surface area contributed by atoms with Gasteiger partial charge in [-0.15, -0.1) is 0 Å². The molecule has 0 aliphatic heterocycles. The summed E-state index contributed by atoms with van der Waals surface area (Å²) in [6, 6.07) is 5.01. The third-order valence-electron chi connectivity index (χ3n) is 2.58. The van der Waals surface area contributed by atoms with Crippen LogP contribution in [0, 0.1) is 0 Å². The number of rotatable bonds is 7. The standard InChI is InChI=1S/C13H20F2N2O2/c1-8(2)17-10(7-16)9-4-5-11(18-3)12(6-9)19-13(14)15/h4-6,8,10,13,17H,7,16H2,1-3H3. The van der Waals surface area contributed by atoms with Crippen molar-refractivity contribution in [3.05, 3.63) is 23.8 Å². The molecule has 0 radical (unpaired) electrons. The van der Waals surface area contributed by atoms with E-state index in [1.807, 2.05) is 13.8 Å². The van der Waals surface area contributed by atoms with E-state index in [0.717, 1.165) is 5.56 Å². The number of ether oxygens (including phenoxy) is 2. The van der Waals surface area contributed by atoms with Crippen LogP contribution in [0.5, 0.6) is 11.5 Å². The number of alkyl halides is 2. The molecule has 1 aromatic rings. The van der Waals surface area contributed by atoms with Crippen molar-refractivity contribution in [3.8, 4) is 11.5 Å². The molecular weight excluding hydrogens is 254 g/mol. The van der Waals surface area contributed by atoms with Crippen molar-refractivity contribution < 1.29 is 18.3 Å². The quantitative estimate of drug-likeness (QED) is 0.801. The molecule has 1 rings (SSSR count). The Balaban J connectivity index is 3.01. The Labute approximate surface area is 111 Å². The number of halogens is 2. The Kier molecular flexibility index (Phi) is 5.98. The third kappa shape index (κ3) is 4.65. The van der Waals surface area contributed by atoms with Gasteiger partial charge < -0.3 is 20.5 Å². The van der Waals surface area contributed by atoms with Crippen LogP contribution in [-0.2, 0) is 0 Å². The van der Waals surface area contributed by atoms with Crippen molar-refractivity contribution in [2.45, 2.75) is 32.5 Å². The molecule has 0 saturated heterocycles. The minimum absolute atomic E-state index is 0.0130. The van der Waals surface area contributed by atoms with Gasteiger partial charge in [-0.25, -0.2) is 0 Å². The number of nitrogens with one attached hydrogen (secondary N) is 1. The lowest BCUT2D eigenvalue weighted by atomic mass is 10.1. The van der Waals surface area contributed by atoms with Gasteiger partial charge >= 0.3 is 6.61 Å². The molecule has 0 aliphatic rings. The molecule has 0 heterocycles. The van der Waals surface area contributed by atoms with E-state index >= 15 is 0 Å². The number of hydrogen-bond acceptors (Lipinski definition) is 4. The van der Waals surface area contributed by atoms with Crippen molar-refractivity contribution in [1.82, 2.24) is 5.32 Å². The second-order valence-corrected chi connectivity index (χ2v) is 4.40. The zero-order chi connectivity index (χ0) is 14.4. The molecule has 1 atom stereocenters. The lowest BCUT2D eigenvalue weighted by Crippen LogP contribution is -2.33. The Morgan fingerprint density at radius 1 is 1.26 bits per heavy atom. The molecule has 0 aromatic heterocycles. The van der Waals surface area contributed by atoms with Gasteiger partial charge in [0.1, 0.15) is 0 Å². The second kappa shape index (κ2) is 7.25. The molecule has 0 fully saturated rings. The topological polar surface area (TPSA) is 56.5 Å². The van der Waals surface area contributed by atoms with Crippen LogP contribution < -0.4 is 20.5 Å². The summed E-state index contributed by atoms with van der Waals surface area (Å²) in [5.74, 6) is 0.281. The summed E-state index contributed by atoms with van der Waals surface area (Å²) in [4.78, 5) is 0. The highest BCUT2D eigenvalue weighted by atomic mass is 19.3. The SMILES string of the molecule is COc1ccc(C(CN)NC(C)C)cc1OC(F)F. The number of benzene rings is 1. The fraction of sp³-hybridized carbons (Fsp3) is 0.538. The molecule has 0 spiro atoms. The highest BCUT2D eigenvalue weighted by Crippen LogP contribution is 2.31. The van der Waals surface area contributed by atoms with Crippen LogP contribution in [-0.4, -0.2) is 26.3 Å². The Morgan fingerprint density at radius 2 is 1.95 bits per heavy atom. The first kappa shape index (κ1) is 15.7. The summed E-state index contributed by atoms with van der Waals surface area (Å²) >= 11 is 0. The maximum Gasteiger partial charge on any atom is 0.387 e. The Bertz CT molecular complexity index is 400. The molecule has 19 heavy (non-hydrogen) atoms. The summed E-state index contributed by atoms with van der Waals surface area (Å²) in [5, 5.41) is 3.25. The third-order valence-corrected chi connectivity index (χ3v) is 2.58. The van der Waals surface area contributed by atoms with Gasteiger partial charge in [-0.1, -0.05) is 19.9 Å². The van der Waals surface area contributed by atoms with Crippen molar-refractivity contribution in [3.63, 3.8) is 0 Å². The van der Waals surface area contributed by atoms with E-state index in [2.05, 4.69) is 10.1 Å². The van der Waals surface area contributed by atoms with E-state index in [1.165, 1.54) is 13.2 Å². The van der Waals surface area contributed by atoms with Crippen LogP contribution in [0.25, 0.3) is 0 Å². The van der Waals surface area contributed by atoms with E-state index in [9.17, 15) is 8.78 Å². The van der Waals surface area contributed by atoms with E-state index in [4.69, 9.17) is 10.5 Å². The lowest BCUT2D eigenvalue weighted by Gasteiger charge is -2.21. The molecule has 6 heteroatoms. The monoisotopic (exact) mass is 274 g/mol. The van der Waals surface area contributed by atoms with Gasteiger partial charge in [0.2, 0.25) is 0 Å².